The first kappa shape index (κ1) is 9.36. The van der Waals surface area contributed by atoms with Gasteiger partial charge in [0, 0.05) is 12.2 Å². The number of aromatic nitrogens is 2. The molecule has 15 heavy (non-hydrogen) atoms. The van der Waals surface area contributed by atoms with Crippen molar-refractivity contribution in [2.75, 3.05) is 19.8 Å². The molecule has 3 rings (SSSR count). The van der Waals surface area contributed by atoms with Crippen LogP contribution < -0.4 is 5.32 Å². The van der Waals surface area contributed by atoms with Crippen LogP contribution in [0.3, 0.4) is 0 Å². The molecule has 1 aromatic rings. The van der Waals surface area contributed by atoms with Crippen LogP contribution in [0.1, 0.15) is 36.1 Å². The van der Waals surface area contributed by atoms with Crippen LogP contribution in [-0.4, -0.2) is 29.7 Å². The number of ether oxygens (including phenoxy) is 1. The lowest BCUT2D eigenvalue weighted by molar-refractivity contribution is 0.0744. The molecule has 0 saturated carbocycles. The Hall–Kier alpha value is -0.870. The van der Waals surface area contributed by atoms with Crippen LogP contribution >= 0.6 is 0 Å². The molecule has 4 nitrogen and oxygen atoms in total. The molecule has 1 aromatic heterocycles. The van der Waals surface area contributed by atoms with Crippen LogP contribution in [0.4, 0.5) is 0 Å². The first-order valence-corrected chi connectivity index (χ1v) is 5.82. The number of H-pyrrole nitrogens is 1. The quantitative estimate of drug-likeness (QED) is 0.721. The van der Waals surface area contributed by atoms with E-state index in [4.69, 9.17) is 4.74 Å². The van der Waals surface area contributed by atoms with Gasteiger partial charge >= 0.3 is 0 Å². The van der Waals surface area contributed by atoms with E-state index in [9.17, 15) is 0 Å². The van der Waals surface area contributed by atoms with Gasteiger partial charge in [0.05, 0.1) is 24.9 Å². The van der Waals surface area contributed by atoms with Crippen molar-refractivity contribution in [2.24, 2.45) is 0 Å². The van der Waals surface area contributed by atoms with Gasteiger partial charge in [-0.25, -0.2) is 4.98 Å². The Morgan fingerprint density at radius 1 is 1.27 bits per heavy atom. The van der Waals surface area contributed by atoms with Gasteiger partial charge in [-0.1, -0.05) is 0 Å². The van der Waals surface area contributed by atoms with E-state index < -0.39 is 0 Å². The fourth-order valence-corrected chi connectivity index (χ4v) is 2.38. The summed E-state index contributed by atoms with van der Waals surface area (Å²) in [5.41, 5.74) is 2.63. The van der Waals surface area contributed by atoms with Crippen molar-refractivity contribution in [1.82, 2.24) is 15.3 Å². The van der Waals surface area contributed by atoms with Crippen molar-refractivity contribution in [1.29, 1.82) is 0 Å². The molecule has 0 amide bonds. The number of fused-ring (bicyclic) bond motifs is 1. The molecule has 0 aromatic carbocycles. The number of aryl methyl sites for hydroxylation is 2. The normalized spacial score (nSPS) is 26.3. The molecule has 4 heteroatoms. The fraction of sp³-hybridized carbons (Fsp3) is 0.727. The van der Waals surface area contributed by atoms with Gasteiger partial charge in [0.2, 0.25) is 0 Å². The molecule has 0 bridgehead atoms. The van der Waals surface area contributed by atoms with Gasteiger partial charge in [0.1, 0.15) is 5.82 Å². The van der Waals surface area contributed by atoms with Crippen molar-refractivity contribution in [3.05, 3.63) is 17.2 Å². The highest BCUT2D eigenvalue weighted by Crippen LogP contribution is 2.22. The Morgan fingerprint density at radius 3 is 3.00 bits per heavy atom. The number of hydrogen-bond acceptors (Lipinski definition) is 3. The molecule has 2 heterocycles. The number of aromatic amines is 1. The zero-order valence-corrected chi connectivity index (χ0v) is 8.88. The largest absolute Gasteiger partial charge is 0.378 e. The third-order valence-electron chi connectivity index (χ3n) is 3.22. The second kappa shape index (κ2) is 3.94. The van der Waals surface area contributed by atoms with Crippen LogP contribution in [0.25, 0.3) is 0 Å². The zero-order valence-electron chi connectivity index (χ0n) is 8.88. The molecule has 2 N–H and O–H groups in total. The molecule has 2 aliphatic rings. The summed E-state index contributed by atoms with van der Waals surface area (Å²) in [5, 5.41) is 3.43. The summed E-state index contributed by atoms with van der Waals surface area (Å²) < 4.78 is 5.45. The number of hydrogen-bond donors (Lipinski definition) is 2. The minimum atomic E-state index is 0.268. The average molecular weight is 207 g/mol. The Kier molecular flexibility index (Phi) is 2.46. The highest BCUT2D eigenvalue weighted by atomic mass is 16.5. The van der Waals surface area contributed by atoms with Crippen LogP contribution in [0.5, 0.6) is 0 Å². The van der Waals surface area contributed by atoms with E-state index in [-0.39, 0.29) is 6.04 Å². The van der Waals surface area contributed by atoms with Gasteiger partial charge in [0.15, 0.2) is 0 Å². The zero-order chi connectivity index (χ0) is 10.1. The Bertz CT molecular complexity index is 318. The highest BCUT2D eigenvalue weighted by Gasteiger charge is 2.21. The number of imidazole rings is 1. The number of nitrogens with zero attached hydrogens (tertiary/aromatic N) is 1. The standard InChI is InChI=1S/C11H17N3O/c1-2-4-9-8(3-1)13-11(14-9)10-7-15-6-5-12-10/h10,12H,1-7H2,(H,13,14). The van der Waals surface area contributed by atoms with E-state index >= 15 is 0 Å². The molecule has 82 valence electrons. The third-order valence-corrected chi connectivity index (χ3v) is 3.22. The van der Waals surface area contributed by atoms with E-state index in [0.717, 1.165) is 38.4 Å². The lowest BCUT2D eigenvalue weighted by atomic mass is 10.0. The maximum Gasteiger partial charge on any atom is 0.126 e. The number of rotatable bonds is 1. The van der Waals surface area contributed by atoms with E-state index in [2.05, 4.69) is 15.3 Å². The van der Waals surface area contributed by atoms with Gasteiger partial charge in [0.25, 0.3) is 0 Å². The molecule has 1 atom stereocenters. The summed E-state index contributed by atoms with van der Waals surface area (Å²) in [4.78, 5) is 8.13. The van der Waals surface area contributed by atoms with Crippen molar-refractivity contribution in [3.63, 3.8) is 0 Å². The monoisotopic (exact) mass is 207 g/mol. The van der Waals surface area contributed by atoms with Crippen molar-refractivity contribution < 1.29 is 4.74 Å². The van der Waals surface area contributed by atoms with Gasteiger partial charge < -0.3 is 15.0 Å². The van der Waals surface area contributed by atoms with Gasteiger partial charge in [-0.05, 0) is 25.7 Å². The maximum absolute atomic E-state index is 5.45. The summed E-state index contributed by atoms with van der Waals surface area (Å²) in [6.45, 7) is 2.49. The first-order chi connectivity index (χ1) is 7.43. The van der Waals surface area contributed by atoms with Crippen molar-refractivity contribution in [3.8, 4) is 0 Å². The van der Waals surface area contributed by atoms with Gasteiger partial charge in [-0.15, -0.1) is 0 Å². The van der Waals surface area contributed by atoms with E-state index in [0.29, 0.717) is 0 Å². The fourth-order valence-electron chi connectivity index (χ4n) is 2.38. The number of morpholine rings is 1. The van der Waals surface area contributed by atoms with Crippen molar-refractivity contribution in [2.45, 2.75) is 31.7 Å². The van der Waals surface area contributed by atoms with Crippen LogP contribution in [0.2, 0.25) is 0 Å². The molecular formula is C11H17N3O. The van der Waals surface area contributed by atoms with Crippen LogP contribution in [0.15, 0.2) is 0 Å². The van der Waals surface area contributed by atoms with Gasteiger partial charge in [-0.3, -0.25) is 0 Å². The second-order valence-corrected chi connectivity index (χ2v) is 4.34. The van der Waals surface area contributed by atoms with Gasteiger partial charge in [-0.2, -0.15) is 0 Å². The summed E-state index contributed by atoms with van der Waals surface area (Å²) in [6, 6.07) is 0.268. The Labute approximate surface area is 89.4 Å². The Balaban J connectivity index is 1.82. The lowest BCUT2D eigenvalue weighted by Gasteiger charge is -2.21. The highest BCUT2D eigenvalue weighted by molar-refractivity contribution is 5.19. The third kappa shape index (κ3) is 1.79. The van der Waals surface area contributed by atoms with Crippen molar-refractivity contribution >= 4 is 0 Å². The summed E-state index contributed by atoms with van der Waals surface area (Å²) in [5.74, 6) is 1.07. The van der Waals surface area contributed by atoms with E-state index in [1.54, 1.807) is 0 Å². The van der Waals surface area contributed by atoms with Crippen LogP contribution in [-0.2, 0) is 17.6 Å². The SMILES string of the molecule is C1CCc2[nH]c(C3COCCN3)nc2C1. The minimum absolute atomic E-state index is 0.268. The predicted octanol–water partition coefficient (Wildman–Crippen LogP) is 0.949. The molecule has 1 fully saturated rings. The molecular weight excluding hydrogens is 190 g/mol. The minimum Gasteiger partial charge on any atom is -0.378 e. The lowest BCUT2D eigenvalue weighted by Crippen LogP contribution is -2.35. The summed E-state index contributed by atoms with van der Waals surface area (Å²) in [7, 11) is 0. The molecule has 0 spiro atoms. The molecule has 1 saturated heterocycles. The van der Waals surface area contributed by atoms with E-state index in [1.165, 1.54) is 24.2 Å². The summed E-state index contributed by atoms with van der Waals surface area (Å²) in [6.07, 6.45) is 4.88. The number of nitrogens with one attached hydrogen (secondary N) is 2. The van der Waals surface area contributed by atoms with E-state index in [1.807, 2.05) is 0 Å². The second-order valence-electron chi connectivity index (χ2n) is 4.34. The predicted molar refractivity (Wildman–Crippen MR) is 56.8 cm³/mol. The average Bonchev–Trinajstić information content (AvgIpc) is 2.74. The maximum atomic E-state index is 5.45. The summed E-state index contributed by atoms with van der Waals surface area (Å²) >= 11 is 0. The Morgan fingerprint density at radius 2 is 2.20 bits per heavy atom. The molecule has 1 aliphatic heterocycles. The van der Waals surface area contributed by atoms with Crippen LogP contribution in [0, 0.1) is 0 Å². The smallest absolute Gasteiger partial charge is 0.126 e. The molecule has 1 unspecified atom stereocenters. The first-order valence-electron chi connectivity index (χ1n) is 5.82. The molecule has 1 aliphatic carbocycles. The molecule has 0 radical (unpaired) electrons. The topological polar surface area (TPSA) is 49.9 Å².